The zero-order chi connectivity index (χ0) is 14.0. The van der Waals surface area contributed by atoms with Gasteiger partial charge in [-0.05, 0) is 12.1 Å². The molecule has 1 aromatic rings. The van der Waals surface area contributed by atoms with Crippen molar-refractivity contribution in [2.45, 2.75) is 12.2 Å². The Morgan fingerprint density at radius 2 is 1.89 bits per heavy atom. The Bertz CT molecular complexity index is 472. The maximum atomic E-state index is 13.9. The monoisotopic (exact) mass is 284 g/mol. The molecule has 104 valence electrons. The molecular formula is C13H17FN2O2S. The molecule has 2 unspecified atom stereocenters. The average molecular weight is 284 g/mol. The van der Waals surface area contributed by atoms with Crippen LogP contribution >= 0.6 is 12.2 Å². The Morgan fingerprint density at radius 3 is 2.37 bits per heavy atom. The number of hydrogen-bond donors (Lipinski definition) is 1. The van der Waals surface area contributed by atoms with Crippen molar-refractivity contribution < 1.29 is 13.9 Å². The fraction of sp³-hybridized carbons (Fsp3) is 0.462. The van der Waals surface area contributed by atoms with Crippen molar-refractivity contribution in [2.24, 2.45) is 5.73 Å². The summed E-state index contributed by atoms with van der Waals surface area (Å²) < 4.78 is 24.6. The number of nitrogens with zero attached hydrogens (tertiary/aromatic N) is 1. The van der Waals surface area contributed by atoms with Gasteiger partial charge in [0.05, 0.1) is 11.3 Å². The summed E-state index contributed by atoms with van der Waals surface area (Å²) in [5, 5.41) is 0. The molecule has 1 heterocycles. The van der Waals surface area contributed by atoms with E-state index in [1.54, 1.807) is 20.3 Å². The van der Waals surface area contributed by atoms with Crippen molar-refractivity contribution in [3.8, 4) is 0 Å². The third kappa shape index (κ3) is 2.70. The molecule has 6 heteroatoms. The molecule has 2 N–H and O–H groups in total. The van der Waals surface area contributed by atoms with E-state index >= 15 is 0 Å². The number of methoxy groups -OCH3 is 2. The second-order valence-corrected chi connectivity index (χ2v) is 4.89. The van der Waals surface area contributed by atoms with Crippen LogP contribution in [0.1, 0.15) is 5.56 Å². The van der Waals surface area contributed by atoms with E-state index < -0.39 is 5.82 Å². The number of thiocarbonyl (C=S) groups is 1. The molecule has 0 aromatic heterocycles. The number of rotatable bonds is 4. The molecular weight excluding hydrogens is 267 g/mol. The van der Waals surface area contributed by atoms with Crippen LogP contribution in [0.5, 0.6) is 0 Å². The van der Waals surface area contributed by atoms with E-state index in [1.165, 1.54) is 6.07 Å². The molecule has 2 atom stereocenters. The lowest BCUT2D eigenvalue weighted by Crippen LogP contribution is -2.27. The van der Waals surface area contributed by atoms with Crippen LogP contribution in [0, 0.1) is 5.82 Å². The van der Waals surface area contributed by atoms with Gasteiger partial charge in [0.25, 0.3) is 0 Å². The fourth-order valence-electron chi connectivity index (χ4n) is 2.41. The van der Waals surface area contributed by atoms with E-state index in [9.17, 15) is 4.39 Å². The molecule has 1 aliphatic heterocycles. The number of nitrogens with two attached hydrogens (primary N) is 1. The standard InChI is InChI=1S/C13H17FN2O2S/c1-17-10-6-16(7-11(10)18-2)9-5-3-4-8(14)12(9)13(15)19/h3-5,10-11H,6-7H2,1-2H3,(H2,15,19). The summed E-state index contributed by atoms with van der Waals surface area (Å²) in [5.41, 5.74) is 6.59. The largest absolute Gasteiger partial charge is 0.389 e. The molecule has 0 saturated carbocycles. The van der Waals surface area contributed by atoms with Gasteiger partial charge in [0.2, 0.25) is 0 Å². The van der Waals surface area contributed by atoms with Gasteiger partial charge < -0.3 is 20.1 Å². The quantitative estimate of drug-likeness (QED) is 0.845. The molecule has 1 fully saturated rings. The molecule has 19 heavy (non-hydrogen) atoms. The zero-order valence-corrected chi connectivity index (χ0v) is 11.7. The molecule has 0 bridgehead atoms. The number of ether oxygens (including phenoxy) is 2. The number of halogens is 1. The normalized spacial score (nSPS) is 22.8. The van der Waals surface area contributed by atoms with E-state index in [4.69, 9.17) is 27.4 Å². The van der Waals surface area contributed by atoms with E-state index in [1.807, 2.05) is 11.0 Å². The third-order valence-electron chi connectivity index (χ3n) is 3.40. The van der Waals surface area contributed by atoms with Gasteiger partial charge >= 0.3 is 0 Å². The second kappa shape index (κ2) is 5.81. The van der Waals surface area contributed by atoms with Gasteiger partial charge in [-0.2, -0.15) is 0 Å². The summed E-state index contributed by atoms with van der Waals surface area (Å²) in [6, 6.07) is 4.81. The van der Waals surface area contributed by atoms with Crippen molar-refractivity contribution in [3.05, 3.63) is 29.6 Å². The van der Waals surface area contributed by atoms with E-state index in [-0.39, 0.29) is 22.8 Å². The van der Waals surface area contributed by atoms with Gasteiger partial charge in [-0.3, -0.25) is 0 Å². The van der Waals surface area contributed by atoms with Crippen LogP contribution in [0.15, 0.2) is 18.2 Å². The Hall–Kier alpha value is -1.24. The van der Waals surface area contributed by atoms with Gasteiger partial charge in [-0.15, -0.1) is 0 Å². The maximum absolute atomic E-state index is 13.9. The van der Waals surface area contributed by atoms with Crippen molar-refractivity contribution in [3.63, 3.8) is 0 Å². The summed E-state index contributed by atoms with van der Waals surface area (Å²) in [6.07, 6.45) is -0.0973. The van der Waals surface area contributed by atoms with Crippen LogP contribution < -0.4 is 10.6 Å². The predicted molar refractivity (Wildman–Crippen MR) is 76.1 cm³/mol. The summed E-state index contributed by atoms with van der Waals surface area (Å²) in [7, 11) is 3.28. The van der Waals surface area contributed by atoms with E-state index in [0.717, 1.165) is 0 Å². The lowest BCUT2D eigenvalue weighted by Gasteiger charge is -2.21. The lowest BCUT2D eigenvalue weighted by atomic mass is 10.1. The van der Waals surface area contributed by atoms with Gasteiger partial charge in [0.15, 0.2) is 0 Å². The van der Waals surface area contributed by atoms with Gasteiger partial charge in [0.1, 0.15) is 23.0 Å². The van der Waals surface area contributed by atoms with Crippen LogP contribution in [-0.2, 0) is 9.47 Å². The lowest BCUT2D eigenvalue weighted by molar-refractivity contribution is -0.00461. The fourth-order valence-corrected chi connectivity index (χ4v) is 2.62. The highest BCUT2D eigenvalue weighted by Gasteiger charge is 2.34. The number of hydrogen-bond acceptors (Lipinski definition) is 4. The molecule has 4 nitrogen and oxygen atoms in total. The first-order valence-corrected chi connectivity index (χ1v) is 6.38. The summed E-state index contributed by atoms with van der Waals surface area (Å²) in [5.74, 6) is -0.403. The number of anilines is 1. The summed E-state index contributed by atoms with van der Waals surface area (Å²) >= 11 is 4.94. The Kier molecular flexibility index (Phi) is 4.34. The van der Waals surface area contributed by atoms with E-state index in [0.29, 0.717) is 18.8 Å². The van der Waals surface area contributed by atoms with Gasteiger partial charge in [-0.25, -0.2) is 4.39 Å². The first kappa shape index (κ1) is 14.2. The highest BCUT2D eigenvalue weighted by Crippen LogP contribution is 2.28. The van der Waals surface area contributed by atoms with Gasteiger partial charge in [0, 0.05) is 27.3 Å². The summed E-state index contributed by atoms with van der Waals surface area (Å²) in [6.45, 7) is 1.24. The molecule has 1 saturated heterocycles. The molecule has 1 aliphatic rings. The molecule has 0 spiro atoms. The van der Waals surface area contributed by atoms with Crippen molar-refractivity contribution in [1.82, 2.24) is 0 Å². The topological polar surface area (TPSA) is 47.7 Å². The maximum Gasteiger partial charge on any atom is 0.135 e. The highest BCUT2D eigenvalue weighted by molar-refractivity contribution is 7.80. The van der Waals surface area contributed by atoms with Crippen LogP contribution in [0.4, 0.5) is 10.1 Å². The molecule has 2 rings (SSSR count). The molecule has 0 amide bonds. The summed E-state index contributed by atoms with van der Waals surface area (Å²) in [4.78, 5) is 2.04. The van der Waals surface area contributed by atoms with Crippen molar-refractivity contribution in [1.29, 1.82) is 0 Å². The minimum atomic E-state index is -0.403. The third-order valence-corrected chi connectivity index (χ3v) is 3.60. The number of benzene rings is 1. The minimum absolute atomic E-state index is 0.0486. The second-order valence-electron chi connectivity index (χ2n) is 4.45. The van der Waals surface area contributed by atoms with Gasteiger partial charge in [-0.1, -0.05) is 18.3 Å². The van der Waals surface area contributed by atoms with E-state index in [2.05, 4.69) is 0 Å². The minimum Gasteiger partial charge on any atom is -0.389 e. The Morgan fingerprint density at radius 1 is 1.32 bits per heavy atom. The Balaban J connectivity index is 2.33. The Labute approximate surface area is 117 Å². The molecule has 0 aliphatic carbocycles. The first-order valence-electron chi connectivity index (χ1n) is 5.97. The molecule has 0 radical (unpaired) electrons. The average Bonchev–Trinajstić information content (AvgIpc) is 2.81. The SMILES string of the molecule is COC1CN(c2cccc(F)c2C(N)=S)CC1OC. The first-order chi connectivity index (χ1) is 9.08. The molecule has 1 aromatic carbocycles. The van der Waals surface area contributed by atoms with Crippen LogP contribution in [0.2, 0.25) is 0 Å². The van der Waals surface area contributed by atoms with Crippen LogP contribution in [0.25, 0.3) is 0 Å². The zero-order valence-electron chi connectivity index (χ0n) is 10.9. The van der Waals surface area contributed by atoms with Crippen molar-refractivity contribution in [2.75, 3.05) is 32.2 Å². The van der Waals surface area contributed by atoms with Crippen molar-refractivity contribution >= 4 is 22.9 Å². The highest BCUT2D eigenvalue weighted by atomic mass is 32.1. The smallest absolute Gasteiger partial charge is 0.135 e. The van der Waals surface area contributed by atoms with Crippen LogP contribution in [-0.4, -0.2) is 44.5 Å². The van der Waals surface area contributed by atoms with Crippen LogP contribution in [0.3, 0.4) is 0 Å². The predicted octanol–water partition coefficient (Wildman–Crippen LogP) is 1.31.